The first kappa shape index (κ1) is 14.8. The van der Waals surface area contributed by atoms with Crippen LogP contribution in [-0.4, -0.2) is 19.6 Å². The molecule has 0 fully saturated rings. The fourth-order valence-corrected chi connectivity index (χ4v) is 2.60. The molecule has 2 rings (SSSR count). The van der Waals surface area contributed by atoms with Gasteiger partial charge in [-0.2, -0.15) is 10.2 Å². The molecule has 0 amide bonds. The number of rotatable bonds is 6. The van der Waals surface area contributed by atoms with E-state index in [0.29, 0.717) is 0 Å². The Kier molecular flexibility index (Phi) is 4.60. The zero-order valence-electron chi connectivity index (χ0n) is 12.9. The van der Waals surface area contributed by atoms with E-state index in [1.807, 2.05) is 17.9 Å². The monoisotopic (exact) mass is 275 g/mol. The maximum absolute atomic E-state index is 6.40. The molecule has 5 nitrogen and oxygen atoms in total. The lowest BCUT2D eigenvalue weighted by Crippen LogP contribution is -2.17. The van der Waals surface area contributed by atoms with E-state index >= 15 is 0 Å². The molecule has 0 saturated carbocycles. The number of aryl methyl sites for hydroxylation is 4. The largest absolute Gasteiger partial charge is 0.324 e. The van der Waals surface area contributed by atoms with Gasteiger partial charge in [0.1, 0.15) is 0 Å². The van der Waals surface area contributed by atoms with Gasteiger partial charge < -0.3 is 5.73 Å². The van der Waals surface area contributed by atoms with Crippen LogP contribution in [0, 0.1) is 0 Å². The van der Waals surface area contributed by atoms with Crippen molar-refractivity contribution in [2.75, 3.05) is 0 Å². The Hall–Kier alpha value is -1.62. The van der Waals surface area contributed by atoms with Crippen LogP contribution in [0.5, 0.6) is 0 Å². The fourth-order valence-electron chi connectivity index (χ4n) is 2.60. The van der Waals surface area contributed by atoms with E-state index in [9.17, 15) is 0 Å². The second-order valence-electron chi connectivity index (χ2n) is 5.17. The number of nitrogens with zero attached hydrogens (tertiary/aromatic N) is 4. The average molecular weight is 275 g/mol. The van der Waals surface area contributed by atoms with Crippen LogP contribution >= 0.6 is 0 Å². The molecule has 2 aromatic heterocycles. The SMILES string of the molecule is CCc1cc(CC(N)c2cn(C)nc2CC)n(CC)n1. The highest BCUT2D eigenvalue weighted by molar-refractivity contribution is 5.24. The Bertz CT molecular complexity index is 567. The van der Waals surface area contributed by atoms with E-state index in [2.05, 4.69) is 41.7 Å². The Morgan fingerprint density at radius 1 is 1.20 bits per heavy atom. The predicted molar refractivity (Wildman–Crippen MR) is 80.5 cm³/mol. The Labute approximate surface area is 120 Å². The Balaban J connectivity index is 2.22. The van der Waals surface area contributed by atoms with Gasteiger partial charge in [0.15, 0.2) is 0 Å². The summed E-state index contributed by atoms with van der Waals surface area (Å²) in [7, 11) is 1.95. The second kappa shape index (κ2) is 6.22. The lowest BCUT2D eigenvalue weighted by atomic mass is 10.0. The molecule has 1 unspecified atom stereocenters. The van der Waals surface area contributed by atoms with Crippen LogP contribution in [0.1, 0.15) is 49.5 Å². The predicted octanol–water partition coefficient (Wildman–Crippen LogP) is 2.00. The normalized spacial score (nSPS) is 12.8. The van der Waals surface area contributed by atoms with E-state index in [0.717, 1.165) is 42.8 Å². The molecule has 2 N–H and O–H groups in total. The van der Waals surface area contributed by atoms with Crippen molar-refractivity contribution in [2.45, 2.75) is 52.6 Å². The van der Waals surface area contributed by atoms with E-state index in [-0.39, 0.29) is 6.04 Å². The van der Waals surface area contributed by atoms with Crippen molar-refractivity contribution >= 4 is 0 Å². The second-order valence-corrected chi connectivity index (χ2v) is 5.17. The minimum absolute atomic E-state index is 0.0228. The molecule has 110 valence electrons. The third-order valence-corrected chi connectivity index (χ3v) is 3.68. The van der Waals surface area contributed by atoms with Crippen LogP contribution in [0.15, 0.2) is 12.3 Å². The number of hydrogen-bond donors (Lipinski definition) is 1. The van der Waals surface area contributed by atoms with E-state index < -0.39 is 0 Å². The fraction of sp³-hybridized carbons (Fsp3) is 0.600. The molecule has 2 aromatic rings. The maximum Gasteiger partial charge on any atom is 0.0669 e. The van der Waals surface area contributed by atoms with Crippen LogP contribution in [0.2, 0.25) is 0 Å². The summed E-state index contributed by atoms with van der Waals surface area (Å²) in [5.74, 6) is 0. The third kappa shape index (κ3) is 2.93. The van der Waals surface area contributed by atoms with Crippen molar-refractivity contribution in [3.63, 3.8) is 0 Å². The number of nitrogens with two attached hydrogens (primary N) is 1. The Morgan fingerprint density at radius 3 is 2.55 bits per heavy atom. The molecule has 1 atom stereocenters. The molecule has 0 aliphatic carbocycles. The Morgan fingerprint density at radius 2 is 1.95 bits per heavy atom. The lowest BCUT2D eigenvalue weighted by molar-refractivity contribution is 0.584. The smallest absolute Gasteiger partial charge is 0.0669 e. The average Bonchev–Trinajstić information content (AvgIpc) is 3.01. The van der Waals surface area contributed by atoms with Crippen molar-refractivity contribution in [1.82, 2.24) is 19.6 Å². The molecule has 0 radical (unpaired) electrons. The quantitative estimate of drug-likeness (QED) is 0.877. The first-order chi connectivity index (χ1) is 9.58. The van der Waals surface area contributed by atoms with Crippen molar-refractivity contribution in [3.8, 4) is 0 Å². The molecule has 0 spiro atoms. The van der Waals surface area contributed by atoms with Gasteiger partial charge in [0.05, 0.1) is 11.4 Å². The zero-order chi connectivity index (χ0) is 14.7. The molecular weight excluding hydrogens is 250 g/mol. The first-order valence-corrected chi connectivity index (χ1v) is 7.42. The molecule has 0 aliphatic rings. The van der Waals surface area contributed by atoms with Gasteiger partial charge in [-0.1, -0.05) is 13.8 Å². The molecule has 2 heterocycles. The van der Waals surface area contributed by atoms with Gasteiger partial charge in [-0.3, -0.25) is 9.36 Å². The van der Waals surface area contributed by atoms with Crippen molar-refractivity contribution < 1.29 is 0 Å². The van der Waals surface area contributed by atoms with Crippen molar-refractivity contribution in [3.05, 3.63) is 34.9 Å². The minimum Gasteiger partial charge on any atom is -0.324 e. The summed E-state index contributed by atoms with van der Waals surface area (Å²) in [4.78, 5) is 0. The summed E-state index contributed by atoms with van der Waals surface area (Å²) in [6, 6.07) is 2.15. The summed E-state index contributed by atoms with van der Waals surface area (Å²) in [6.07, 6.45) is 4.72. The van der Waals surface area contributed by atoms with Gasteiger partial charge >= 0.3 is 0 Å². The maximum atomic E-state index is 6.40. The molecule has 0 bridgehead atoms. The summed E-state index contributed by atoms with van der Waals surface area (Å²) in [6.45, 7) is 7.24. The lowest BCUT2D eigenvalue weighted by Gasteiger charge is -2.12. The van der Waals surface area contributed by atoms with E-state index in [1.165, 1.54) is 5.69 Å². The van der Waals surface area contributed by atoms with Gasteiger partial charge in [-0.15, -0.1) is 0 Å². The number of aromatic nitrogens is 4. The number of hydrogen-bond acceptors (Lipinski definition) is 3. The van der Waals surface area contributed by atoms with E-state index in [1.54, 1.807) is 0 Å². The van der Waals surface area contributed by atoms with Crippen molar-refractivity contribution in [1.29, 1.82) is 0 Å². The molecule has 5 heteroatoms. The van der Waals surface area contributed by atoms with Gasteiger partial charge in [0.2, 0.25) is 0 Å². The summed E-state index contributed by atoms with van der Waals surface area (Å²) < 4.78 is 3.91. The van der Waals surface area contributed by atoms with Gasteiger partial charge in [-0.25, -0.2) is 0 Å². The summed E-state index contributed by atoms with van der Waals surface area (Å²) in [5.41, 5.74) is 11.0. The standard InChI is InChI=1S/C15H25N5/c1-5-11-8-12(20(7-3)17-11)9-14(16)13-10-19(4)18-15(13)6-2/h8,10,14H,5-7,9,16H2,1-4H3. The van der Waals surface area contributed by atoms with Crippen LogP contribution < -0.4 is 5.73 Å². The molecule has 20 heavy (non-hydrogen) atoms. The third-order valence-electron chi connectivity index (χ3n) is 3.68. The molecule has 0 aliphatic heterocycles. The topological polar surface area (TPSA) is 61.7 Å². The van der Waals surface area contributed by atoms with Crippen LogP contribution in [0.25, 0.3) is 0 Å². The highest BCUT2D eigenvalue weighted by Crippen LogP contribution is 2.20. The highest BCUT2D eigenvalue weighted by atomic mass is 15.3. The molecular formula is C15H25N5. The first-order valence-electron chi connectivity index (χ1n) is 7.42. The van der Waals surface area contributed by atoms with Crippen LogP contribution in [-0.2, 0) is 32.9 Å². The molecule has 0 aromatic carbocycles. The minimum atomic E-state index is -0.0228. The van der Waals surface area contributed by atoms with Crippen LogP contribution in [0.4, 0.5) is 0 Å². The van der Waals surface area contributed by atoms with Crippen molar-refractivity contribution in [2.24, 2.45) is 12.8 Å². The zero-order valence-corrected chi connectivity index (χ0v) is 12.9. The van der Waals surface area contributed by atoms with E-state index in [4.69, 9.17) is 5.73 Å². The van der Waals surface area contributed by atoms with Crippen LogP contribution in [0.3, 0.4) is 0 Å². The van der Waals surface area contributed by atoms with Gasteiger partial charge in [0, 0.05) is 43.5 Å². The summed E-state index contributed by atoms with van der Waals surface area (Å²) >= 11 is 0. The highest BCUT2D eigenvalue weighted by Gasteiger charge is 2.17. The summed E-state index contributed by atoms with van der Waals surface area (Å²) in [5, 5.41) is 9.05. The van der Waals surface area contributed by atoms with Gasteiger partial charge in [-0.05, 0) is 25.8 Å². The van der Waals surface area contributed by atoms with Gasteiger partial charge in [0.25, 0.3) is 0 Å². The molecule has 0 saturated heterocycles.